The van der Waals surface area contributed by atoms with Crippen molar-refractivity contribution in [3.05, 3.63) is 34.3 Å². The molecule has 4 heterocycles. The van der Waals surface area contributed by atoms with Crippen molar-refractivity contribution >= 4 is 28.8 Å². The van der Waals surface area contributed by atoms with Gasteiger partial charge in [-0.15, -0.1) is 23.1 Å². The van der Waals surface area contributed by atoms with Gasteiger partial charge in [0.05, 0.1) is 46.2 Å². The Morgan fingerprint density at radius 2 is 2.21 bits per heavy atom. The van der Waals surface area contributed by atoms with Gasteiger partial charge in [0.15, 0.2) is 0 Å². The van der Waals surface area contributed by atoms with Crippen molar-refractivity contribution in [3.63, 3.8) is 0 Å². The van der Waals surface area contributed by atoms with Crippen LogP contribution in [0.2, 0.25) is 0 Å². The molecule has 0 amide bonds. The zero-order valence-corrected chi connectivity index (χ0v) is 14.9. The number of nitrogens with zero attached hydrogens (tertiary/aromatic N) is 5. The molecular formula is C16H17N5OS2. The standard InChI is InChI=1S/C16H17N5OS2/c1-11-20-12(7-23-11)6-22-14-2-16(24-8-14)9-21(10-16)13-4-18-15(3-17)19-5-13/h4-5,7,14H,2,6,8-10H2,1H3. The molecule has 0 aromatic carbocycles. The third-order valence-corrected chi connectivity index (χ3v) is 6.77. The van der Waals surface area contributed by atoms with Gasteiger partial charge in [-0.25, -0.2) is 15.0 Å². The van der Waals surface area contributed by atoms with Gasteiger partial charge < -0.3 is 9.64 Å². The van der Waals surface area contributed by atoms with Crippen LogP contribution in [0.3, 0.4) is 0 Å². The maximum atomic E-state index is 8.76. The van der Waals surface area contributed by atoms with Crippen LogP contribution in [0.4, 0.5) is 5.69 Å². The van der Waals surface area contributed by atoms with E-state index in [1.54, 1.807) is 23.7 Å². The zero-order valence-electron chi connectivity index (χ0n) is 13.3. The van der Waals surface area contributed by atoms with E-state index in [0.29, 0.717) is 12.7 Å². The number of thiazole rings is 1. The highest BCUT2D eigenvalue weighted by Gasteiger charge is 2.49. The first kappa shape index (κ1) is 15.8. The lowest BCUT2D eigenvalue weighted by atomic mass is 9.92. The summed E-state index contributed by atoms with van der Waals surface area (Å²) < 4.78 is 6.34. The molecule has 0 aliphatic carbocycles. The van der Waals surface area contributed by atoms with E-state index in [9.17, 15) is 0 Å². The summed E-state index contributed by atoms with van der Waals surface area (Å²) >= 11 is 3.68. The van der Waals surface area contributed by atoms with E-state index in [4.69, 9.17) is 10.00 Å². The van der Waals surface area contributed by atoms with Gasteiger partial charge in [-0.05, 0) is 13.3 Å². The van der Waals surface area contributed by atoms with Crippen LogP contribution in [-0.4, -0.2) is 44.6 Å². The van der Waals surface area contributed by atoms with E-state index in [1.165, 1.54) is 0 Å². The largest absolute Gasteiger partial charge is 0.371 e. The van der Waals surface area contributed by atoms with Gasteiger partial charge in [0, 0.05) is 24.2 Å². The highest BCUT2D eigenvalue weighted by molar-refractivity contribution is 8.01. The fourth-order valence-electron chi connectivity index (χ4n) is 3.18. The van der Waals surface area contributed by atoms with E-state index in [0.717, 1.165) is 41.7 Å². The average molecular weight is 359 g/mol. The molecule has 124 valence electrons. The fourth-order valence-corrected chi connectivity index (χ4v) is 5.33. The van der Waals surface area contributed by atoms with Gasteiger partial charge in [0.25, 0.3) is 0 Å². The van der Waals surface area contributed by atoms with Crippen molar-refractivity contribution in [2.45, 2.75) is 30.8 Å². The molecule has 6 nitrogen and oxygen atoms in total. The molecule has 2 aromatic rings. The van der Waals surface area contributed by atoms with Crippen molar-refractivity contribution in [2.24, 2.45) is 0 Å². The second-order valence-corrected chi connectivity index (χ2v) is 8.77. The molecule has 1 atom stereocenters. The quantitative estimate of drug-likeness (QED) is 0.830. The van der Waals surface area contributed by atoms with Crippen molar-refractivity contribution in [3.8, 4) is 6.07 Å². The summed E-state index contributed by atoms with van der Waals surface area (Å²) in [7, 11) is 0. The van der Waals surface area contributed by atoms with E-state index in [1.807, 2.05) is 24.8 Å². The van der Waals surface area contributed by atoms with Crippen LogP contribution in [0.25, 0.3) is 0 Å². The number of rotatable bonds is 4. The number of aromatic nitrogens is 3. The first-order chi connectivity index (χ1) is 11.7. The van der Waals surface area contributed by atoms with Crippen molar-refractivity contribution in [1.29, 1.82) is 5.26 Å². The summed E-state index contributed by atoms with van der Waals surface area (Å²) in [5, 5.41) is 11.9. The number of thioether (sulfide) groups is 1. The Bertz CT molecular complexity index is 764. The third-order valence-electron chi connectivity index (χ3n) is 4.37. The second kappa shape index (κ2) is 6.31. The Morgan fingerprint density at radius 1 is 1.42 bits per heavy atom. The fraction of sp³-hybridized carbons (Fsp3) is 0.500. The van der Waals surface area contributed by atoms with Crippen molar-refractivity contribution in [2.75, 3.05) is 23.7 Å². The van der Waals surface area contributed by atoms with Crippen LogP contribution >= 0.6 is 23.1 Å². The summed E-state index contributed by atoms with van der Waals surface area (Å²) in [5.41, 5.74) is 2.02. The van der Waals surface area contributed by atoms with Crippen LogP contribution in [0.5, 0.6) is 0 Å². The summed E-state index contributed by atoms with van der Waals surface area (Å²) in [5.74, 6) is 1.26. The topological polar surface area (TPSA) is 74.9 Å². The number of hydrogen-bond acceptors (Lipinski definition) is 8. The molecule has 0 radical (unpaired) electrons. The van der Waals surface area contributed by atoms with E-state index < -0.39 is 0 Å². The van der Waals surface area contributed by atoms with Crippen LogP contribution in [-0.2, 0) is 11.3 Å². The molecule has 2 aliphatic rings. The van der Waals surface area contributed by atoms with Crippen molar-refractivity contribution < 1.29 is 4.74 Å². The highest BCUT2D eigenvalue weighted by Crippen LogP contribution is 2.47. The Labute approximate surface area is 148 Å². The monoisotopic (exact) mass is 359 g/mol. The van der Waals surface area contributed by atoms with Crippen LogP contribution in [0.15, 0.2) is 17.8 Å². The minimum atomic E-state index is 0.218. The Balaban J connectivity index is 1.29. The Kier molecular flexibility index (Phi) is 4.16. The molecular weight excluding hydrogens is 342 g/mol. The number of nitriles is 1. The molecule has 0 bridgehead atoms. The maximum Gasteiger partial charge on any atom is 0.232 e. The number of ether oxygens (including phenoxy) is 1. The zero-order chi connectivity index (χ0) is 16.6. The summed E-state index contributed by atoms with van der Waals surface area (Å²) in [6, 6.07) is 1.95. The molecule has 1 spiro atoms. The molecule has 2 aliphatic heterocycles. The third kappa shape index (κ3) is 3.11. The van der Waals surface area contributed by atoms with Gasteiger partial charge in [-0.2, -0.15) is 5.26 Å². The van der Waals surface area contributed by atoms with Crippen LogP contribution in [0.1, 0.15) is 22.9 Å². The molecule has 0 saturated carbocycles. The molecule has 24 heavy (non-hydrogen) atoms. The average Bonchev–Trinajstić information content (AvgIpc) is 3.18. The summed E-state index contributed by atoms with van der Waals surface area (Å²) in [4.78, 5) is 14.8. The smallest absolute Gasteiger partial charge is 0.232 e. The predicted octanol–water partition coefficient (Wildman–Crippen LogP) is 2.39. The van der Waals surface area contributed by atoms with Gasteiger partial charge in [0.2, 0.25) is 5.82 Å². The number of aryl methyl sites for hydroxylation is 1. The molecule has 0 N–H and O–H groups in total. The summed E-state index contributed by atoms with van der Waals surface area (Å²) in [6.07, 6.45) is 4.85. The summed E-state index contributed by atoms with van der Waals surface area (Å²) in [6.45, 7) is 4.61. The molecule has 2 aromatic heterocycles. The molecule has 1 unspecified atom stereocenters. The van der Waals surface area contributed by atoms with Crippen molar-refractivity contribution in [1.82, 2.24) is 15.0 Å². The predicted molar refractivity (Wildman–Crippen MR) is 94.2 cm³/mol. The van der Waals surface area contributed by atoms with E-state index >= 15 is 0 Å². The number of hydrogen-bond donors (Lipinski definition) is 0. The van der Waals surface area contributed by atoms with Gasteiger partial charge >= 0.3 is 0 Å². The van der Waals surface area contributed by atoms with E-state index in [-0.39, 0.29) is 10.6 Å². The molecule has 8 heteroatoms. The molecule has 2 fully saturated rings. The van der Waals surface area contributed by atoms with Crippen LogP contribution in [0, 0.1) is 18.3 Å². The molecule has 2 saturated heterocycles. The first-order valence-corrected chi connectivity index (χ1v) is 9.66. The normalized spacial score (nSPS) is 21.7. The Hall–Kier alpha value is -1.69. The number of anilines is 1. The lowest BCUT2D eigenvalue weighted by Crippen LogP contribution is -2.59. The maximum absolute atomic E-state index is 8.76. The molecule has 4 rings (SSSR count). The van der Waals surface area contributed by atoms with Gasteiger partial charge in [0.1, 0.15) is 6.07 Å². The lowest BCUT2D eigenvalue weighted by molar-refractivity contribution is 0.0461. The minimum absolute atomic E-state index is 0.218. The lowest BCUT2D eigenvalue weighted by Gasteiger charge is -2.48. The first-order valence-electron chi connectivity index (χ1n) is 7.79. The SMILES string of the molecule is Cc1nc(COC2CSC3(C2)CN(c2cnc(C#N)nc2)C3)cs1. The minimum Gasteiger partial charge on any atom is -0.371 e. The van der Waals surface area contributed by atoms with Gasteiger partial charge in [-0.3, -0.25) is 0 Å². The van der Waals surface area contributed by atoms with Crippen LogP contribution < -0.4 is 4.90 Å². The van der Waals surface area contributed by atoms with E-state index in [2.05, 4.69) is 25.2 Å². The van der Waals surface area contributed by atoms with Gasteiger partial charge in [-0.1, -0.05) is 0 Å². The Morgan fingerprint density at radius 3 is 2.88 bits per heavy atom. The second-order valence-electron chi connectivity index (χ2n) is 6.22. The highest BCUT2D eigenvalue weighted by atomic mass is 32.2.